The van der Waals surface area contributed by atoms with Gasteiger partial charge in [-0.15, -0.1) is 0 Å². The first-order valence-electron chi connectivity index (χ1n) is 5.52. The van der Waals surface area contributed by atoms with Gasteiger partial charge in [-0.05, 0) is 20.3 Å². The Balaban J connectivity index is 1.96. The molecule has 2 unspecified atom stereocenters. The zero-order valence-corrected chi connectivity index (χ0v) is 10.7. The van der Waals surface area contributed by atoms with E-state index < -0.39 is 0 Å². The number of hydrogen-bond donors (Lipinski definition) is 1. The quantitative estimate of drug-likeness (QED) is 0.860. The summed E-state index contributed by atoms with van der Waals surface area (Å²) in [5.41, 5.74) is 0. The van der Waals surface area contributed by atoms with Crippen LogP contribution in [0.5, 0.6) is 0 Å². The van der Waals surface area contributed by atoms with E-state index in [0.717, 1.165) is 10.9 Å². The van der Waals surface area contributed by atoms with Crippen LogP contribution in [0, 0.1) is 6.92 Å². The van der Waals surface area contributed by atoms with Gasteiger partial charge in [0, 0.05) is 11.3 Å². The highest BCUT2D eigenvalue weighted by Crippen LogP contribution is 2.22. The topological polar surface area (TPSA) is 50.4 Å². The highest BCUT2D eigenvalue weighted by Gasteiger charge is 2.19. The molecule has 1 saturated heterocycles. The van der Waals surface area contributed by atoms with Crippen molar-refractivity contribution in [2.75, 3.05) is 0 Å². The molecular weight excluding hydrogens is 222 g/mol. The molecule has 0 saturated carbocycles. The Kier molecular flexibility index (Phi) is 3.53. The van der Waals surface area contributed by atoms with Crippen molar-refractivity contribution < 1.29 is 4.42 Å². The summed E-state index contributed by atoms with van der Waals surface area (Å²) in [6, 6.07) is 0.501. The molecule has 0 spiro atoms. The molecule has 2 heterocycles. The van der Waals surface area contributed by atoms with Crippen LogP contribution in [0.25, 0.3) is 0 Å². The molecule has 0 bridgehead atoms. The van der Waals surface area contributed by atoms with E-state index >= 15 is 0 Å². The van der Waals surface area contributed by atoms with E-state index in [2.05, 4.69) is 29.1 Å². The van der Waals surface area contributed by atoms with Crippen LogP contribution in [0.4, 0.5) is 0 Å². The lowest BCUT2D eigenvalue weighted by molar-refractivity contribution is 0.473. The van der Waals surface area contributed by atoms with Crippen LogP contribution >= 0.6 is 11.8 Å². The fraction of sp³-hybridized carbons (Fsp3) is 0.636. The van der Waals surface area contributed by atoms with E-state index in [1.165, 1.54) is 6.42 Å². The average molecular weight is 239 g/mol. The fourth-order valence-corrected chi connectivity index (χ4v) is 2.91. The molecule has 5 heteroatoms. The number of nitrogens with one attached hydrogen (secondary N) is 1. The Labute approximate surface area is 99.9 Å². The van der Waals surface area contributed by atoms with E-state index in [1.54, 1.807) is 18.0 Å². The first-order valence-corrected chi connectivity index (χ1v) is 6.40. The van der Waals surface area contributed by atoms with Crippen molar-refractivity contribution >= 4 is 16.9 Å². The van der Waals surface area contributed by atoms with Crippen LogP contribution in [0.1, 0.15) is 31.9 Å². The predicted molar refractivity (Wildman–Crippen MR) is 66.6 cm³/mol. The van der Waals surface area contributed by atoms with Gasteiger partial charge >= 0.3 is 0 Å². The summed E-state index contributed by atoms with van der Waals surface area (Å²) in [4.78, 5) is 8.61. The van der Waals surface area contributed by atoms with Crippen LogP contribution in [0.3, 0.4) is 0 Å². The van der Waals surface area contributed by atoms with Crippen LogP contribution in [0.2, 0.25) is 0 Å². The lowest BCUT2D eigenvalue weighted by Crippen LogP contribution is -2.38. The molecule has 0 aliphatic carbocycles. The first-order chi connectivity index (χ1) is 7.63. The molecule has 88 valence electrons. The molecule has 0 radical (unpaired) electrons. The third kappa shape index (κ3) is 3.01. The van der Waals surface area contributed by atoms with Gasteiger partial charge < -0.3 is 9.73 Å². The van der Waals surface area contributed by atoms with Gasteiger partial charge in [0.15, 0.2) is 5.17 Å². The lowest BCUT2D eigenvalue weighted by atomic mass is 10.2. The normalized spacial score (nSPS) is 28.1. The molecule has 1 N–H and O–H groups in total. The van der Waals surface area contributed by atoms with E-state index in [-0.39, 0.29) is 0 Å². The number of oxazole rings is 1. The molecule has 1 fully saturated rings. The van der Waals surface area contributed by atoms with E-state index in [0.29, 0.717) is 23.7 Å². The summed E-state index contributed by atoms with van der Waals surface area (Å²) < 4.78 is 5.37. The highest BCUT2D eigenvalue weighted by molar-refractivity contribution is 8.14. The predicted octanol–water partition coefficient (Wildman–Crippen LogP) is 2.34. The maximum Gasteiger partial charge on any atom is 0.216 e. The number of hydrogen-bond acceptors (Lipinski definition) is 4. The number of thioether (sulfide) groups is 1. The van der Waals surface area contributed by atoms with Crippen molar-refractivity contribution in [3.8, 4) is 0 Å². The van der Waals surface area contributed by atoms with Gasteiger partial charge in [0.2, 0.25) is 5.89 Å². The minimum atomic E-state index is 0.501. The van der Waals surface area contributed by atoms with Crippen molar-refractivity contribution in [2.24, 2.45) is 4.99 Å². The molecule has 1 aliphatic rings. The van der Waals surface area contributed by atoms with Crippen LogP contribution < -0.4 is 5.32 Å². The SMILES string of the molecule is Cc1cnc(CN=C2NC(C)CC(C)S2)o1. The van der Waals surface area contributed by atoms with Gasteiger partial charge in [0.1, 0.15) is 12.3 Å². The van der Waals surface area contributed by atoms with E-state index in [4.69, 9.17) is 4.42 Å². The van der Waals surface area contributed by atoms with Crippen molar-refractivity contribution in [1.29, 1.82) is 0 Å². The van der Waals surface area contributed by atoms with Crippen molar-refractivity contribution in [3.05, 3.63) is 17.8 Å². The minimum Gasteiger partial charge on any atom is -0.444 e. The van der Waals surface area contributed by atoms with Crippen LogP contribution in [-0.4, -0.2) is 21.4 Å². The Morgan fingerprint density at radius 3 is 3.06 bits per heavy atom. The van der Waals surface area contributed by atoms with E-state index in [9.17, 15) is 0 Å². The Morgan fingerprint density at radius 2 is 2.44 bits per heavy atom. The van der Waals surface area contributed by atoms with Gasteiger partial charge in [0.05, 0.1) is 6.20 Å². The summed E-state index contributed by atoms with van der Waals surface area (Å²) in [6.45, 7) is 6.82. The summed E-state index contributed by atoms with van der Waals surface area (Å²) in [5.74, 6) is 1.51. The maximum absolute atomic E-state index is 5.37. The number of rotatable bonds is 2. The third-order valence-electron chi connectivity index (χ3n) is 2.40. The molecule has 2 atom stereocenters. The summed E-state index contributed by atoms with van der Waals surface area (Å²) in [7, 11) is 0. The molecule has 1 aromatic rings. The third-order valence-corrected chi connectivity index (χ3v) is 3.46. The van der Waals surface area contributed by atoms with Gasteiger partial charge in [-0.1, -0.05) is 18.7 Å². The molecule has 1 aromatic heterocycles. The minimum absolute atomic E-state index is 0.501. The lowest BCUT2D eigenvalue weighted by Gasteiger charge is -2.26. The summed E-state index contributed by atoms with van der Waals surface area (Å²) >= 11 is 1.79. The van der Waals surface area contributed by atoms with Gasteiger partial charge in [0.25, 0.3) is 0 Å². The Hall–Kier alpha value is -0.970. The Bertz CT molecular complexity index is 376. The first kappa shape index (κ1) is 11.5. The number of amidine groups is 1. The second-order valence-electron chi connectivity index (χ2n) is 4.20. The molecule has 1 aliphatic heterocycles. The smallest absolute Gasteiger partial charge is 0.216 e. The van der Waals surface area contributed by atoms with Gasteiger partial charge in [-0.2, -0.15) is 0 Å². The molecule has 4 nitrogen and oxygen atoms in total. The molecule has 16 heavy (non-hydrogen) atoms. The highest BCUT2D eigenvalue weighted by atomic mass is 32.2. The van der Waals surface area contributed by atoms with Gasteiger partial charge in [-0.3, -0.25) is 4.99 Å². The van der Waals surface area contributed by atoms with E-state index in [1.807, 2.05) is 6.92 Å². The van der Waals surface area contributed by atoms with Crippen LogP contribution in [-0.2, 0) is 6.54 Å². The fourth-order valence-electron chi connectivity index (χ4n) is 1.74. The Morgan fingerprint density at radius 1 is 1.62 bits per heavy atom. The molecule has 0 aromatic carbocycles. The number of aliphatic imine (C=N–C) groups is 1. The number of aromatic nitrogens is 1. The van der Waals surface area contributed by atoms with Crippen LogP contribution in [0.15, 0.2) is 15.6 Å². The van der Waals surface area contributed by atoms with Crippen molar-refractivity contribution in [2.45, 2.75) is 45.0 Å². The molecular formula is C11H17N3OS. The van der Waals surface area contributed by atoms with Crippen molar-refractivity contribution in [1.82, 2.24) is 10.3 Å². The average Bonchev–Trinajstić information content (AvgIpc) is 2.60. The molecule has 0 amide bonds. The summed E-state index contributed by atoms with van der Waals surface area (Å²) in [5, 5.41) is 5.00. The number of aryl methyl sites for hydroxylation is 1. The second kappa shape index (κ2) is 4.91. The number of nitrogens with zero attached hydrogens (tertiary/aromatic N) is 2. The summed E-state index contributed by atoms with van der Waals surface area (Å²) in [6.07, 6.45) is 2.91. The zero-order chi connectivity index (χ0) is 11.5. The largest absolute Gasteiger partial charge is 0.444 e. The van der Waals surface area contributed by atoms with Crippen molar-refractivity contribution in [3.63, 3.8) is 0 Å². The monoisotopic (exact) mass is 239 g/mol. The second-order valence-corrected chi connectivity index (χ2v) is 5.62. The molecule has 2 rings (SSSR count). The van der Waals surface area contributed by atoms with Gasteiger partial charge in [-0.25, -0.2) is 4.98 Å². The standard InChI is InChI=1S/C11H17N3OS/c1-7-4-9(3)16-11(14-7)13-6-10-12-5-8(2)15-10/h5,7,9H,4,6H2,1-3H3,(H,13,14). The zero-order valence-electron chi connectivity index (χ0n) is 9.86. The maximum atomic E-state index is 5.37.